The van der Waals surface area contributed by atoms with E-state index < -0.39 is 0 Å². The maximum absolute atomic E-state index is 5.19. The number of nitrogens with one attached hydrogen (secondary N) is 1. The number of aromatic nitrogens is 4. The van der Waals surface area contributed by atoms with Crippen LogP contribution in [0.4, 0.5) is 23.4 Å². The minimum atomic E-state index is 0.724. The molecule has 8 nitrogen and oxygen atoms in total. The minimum absolute atomic E-state index is 0.724. The standard InChI is InChI=1S/C19H21N7O/c1-27-16-5-3-15(4-6-16)23-17-7-10-22-19(24-17)26-13-11-25(12-14-26)18-20-8-2-9-21-18/h2-10H,11-14H2,1H3,(H,22,23,24). The van der Waals surface area contributed by atoms with Gasteiger partial charge >= 0.3 is 0 Å². The Balaban J connectivity index is 1.40. The molecule has 0 radical (unpaired) electrons. The molecule has 0 spiro atoms. The van der Waals surface area contributed by atoms with E-state index in [9.17, 15) is 0 Å². The van der Waals surface area contributed by atoms with E-state index in [-0.39, 0.29) is 0 Å². The van der Waals surface area contributed by atoms with Crippen molar-refractivity contribution in [3.8, 4) is 5.75 Å². The normalized spacial score (nSPS) is 14.1. The van der Waals surface area contributed by atoms with Gasteiger partial charge in [0.05, 0.1) is 7.11 Å². The van der Waals surface area contributed by atoms with Gasteiger partial charge in [-0.05, 0) is 36.4 Å². The summed E-state index contributed by atoms with van der Waals surface area (Å²) in [6, 6.07) is 11.4. The highest BCUT2D eigenvalue weighted by Gasteiger charge is 2.20. The molecular formula is C19H21N7O. The van der Waals surface area contributed by atoms with Crippen LogP contribution in [0.25, 0.3) is 0 Å². The summed E-state index contributed by atoms with van der Waals surface area (Å²) < 4.78 is 5.19. The third kappa shape index (κ3) is 4.05. The van der Waals surface area contributed by atoms with Crippen molar-refractivity contribution in [1.82, 2.24) is 19.9 Å². The number of nitrogens with zero attached hydrogens (tertiary/aromatic N) is 6. The third-order valence-electron chi connectivity index (χ3n) is 4.40. The van der Waals surface area contributed by atoms with E-state index >= 15 is 0 Å². The number of ether oxygens (including phenoxy) is 1. The Hall–Kier alpha value is -3.42. The van der Waals surface area contributed by atoms with Crippen molar-refractivity contribution in [2.45, 2.75) is 0 Å². The lowest BCUT2D eigenvalue weighted by Gasteiger charge is -2.34. The molecule has 8 heteroatoms. The van der Waals surface area contributed by atoms with E-state index in [1.807, 2.05) is 36.4 Å². The third-order valence-corrected chi connectivity index (χ3v) is 4.40. The van der Waals surface area contributed by atoms with Crippen LogP contribution in [-0.4, -0.2) is 53.2 Å². The second-order valence-corrected chi connectivity index (χ2v) is 6.12. The van der Waals surface area contributed by atoms with E-state index in [4.69, 9.17) is 4.74 Å². The molecule has 0 aliphatic carbocycles. The van der Waals surface area contributed by atoms with Crippen molar-refractivity contribution in [1.29, 1.82) is 0 Å². The smallest absolute Gasteiger partial charge is 0.227 e. The molecule has 0 unspecified atom stereocenters. The molecule has 3 aromatic rings. The quantitative estimate of drug-likeness (QED) is 0.740. The van der Waals surface area contributed by atoms with Crippen LogP contribution < -0.4 is 19.9 Å². The van der Waals surface area contributed by atoms with Gasteiger partial charge in [0, 0.05) is 50.5 Å². The number of methoxy groups -OCH3 is 1. The lowest BCUT2D eigenvalue weighted by atomic mass is 10.3. The Bertz CT molecular complexity index is 865. The monoisotopic (exact) mass is 363 g/mol. The molecule has 1 aliphatic rings. The molecule has 1 fully saturated rings. The van der Waals surface area contributed by atoms with Crippen molar-refractivity contribution in [3.63, 3.8) is 0 Å². The van der Waals surface area contributed by atoms with Gasteiger partial charge in [0.2, 0.25) is 11.9 Å². The van der Waals surface area contributed by atoms with Crippen LogP contribution in [0.5, 0.6) is 5.75 Å². The predicted octanol–water partition coefficient (Wildman–Crippen LogP) is 2.35. The zero-order chi connectivity index (χ0) is 18.5. The van der Waals surface area contributed by atoms with Gasteiger partial charge in [-0.15, -0.1) is 0 Å². The number of hydrogen-bond acceptors (Lipinski definition) is 8. The summed E-state index contributed by atoms with van der Waals surface area (Å²) >= 11 is 0. The number of anilines is 4. The Morgan fingerprint density at radius 1 is 0.815 bits per heavy atom. The molecule has 27 heavy (non-hydrogen) atoms. The van der Waals surface area contributed by atoms with Crippen LogP contribution in [0.15, 0.2) is 55.0 Å². The SMILES string of the molecule is COc1ccc(Nc2ccnc(N3CCN(c4ncccn4)CC3)n2)cc1. The fraction of sp³-hybridized carbons (Fsp3) is 0.263. The Morgan fingerprint density at radius 2 is 1.44 bits per heavy atom. The van der Waals surface area contributed by atoms with E-state index in [0.717, 1.165) is 55.3 Å². The molecule has 3 heterocycles. The summed E-state index contributed by atoms with van der Waals surface area (Å²) in [4.78, 5) is 22.1. The van der Waals surface area contributed by atoms with Gasteiger partial charge in [-0.3, -0.25) is 0 Å². The van der Waals surface area contributed by atoms with Gasteiger partial charge in [-0.2, -0.15) is 4.98 Å². The first-order valence-electron chi connectivity index (χ1n) is 8.83. The highest BCUT2D eigenvalue weighted by atomic mass is 16.5. The Labute approximate surface area is 157 Å². The van der Waals surface area contributed by atoms with Crippen LogP contribution in [-0.2, 0) is 0 Å². The summed E-state index contributed by atoms with van der Waals surface area (Å²) in [6.45, 7) is 3.32. The first-order chi connectivity index (χ1) is 13.3. The van der Waals surface area contributed by atoms with Crippen LogP contribution in [0, 0.1) is 0 Å². The average Bonchev–Trinajstić information content (AvgIpc) is 2.75. The zero-order valence-corrected chi connectivity index (χ0v) is 15.1. The molecule has 0 saturated carbocycles. The molecule has 0 amide bonds. The fourth-order valence-electron chi connectivity index (χ4n) is 2.95. The van der Waals surface area contributed by atoms with E-state index in [1.165, 1.54) is 0 Å². The van der Waals surface area contributed by atoms with Crippen molar-refractivity contribution >= 4 is 23.4 Å². The lowest BCUT2D eigenvalue weighted by Crippen LogP contribution is -2.47. The molecule has 1 saturated heterocycles. The molecule has 1 N–H and O–H groups in total. The van der Waals surface area contributed by atoms with Crippen molar-refractivity contribution in [2.24, 2.45) is 0 Å². The second-order valence-electron chi connectivity index (χ2n) is 6.12. The summed E-state index contributed by atoms with van der Waals surface area (Å²) in [7, 11) is 1.66. The molecule has 1 aliphatic heterocycles. The number of piperazine rings is 1. The van der Waals surface area contributed by atoms with Crippen LogP contribution in [0.2, 0.25) is 0 Å². The molecule has 1 aromatic carbocycles. The highest BCUT2D eigenvalue weighted by molar-refractivity contribution is 5.58. The van der Waals surface area contributed by atoms with E-state index in [0.29, 0.717) is 0 Å². The second kappa shape index (κ2) is 7.86. The molecule has 2 aromatic heterocycles. The topological polar surface area (TPSA) is 79.3 Å². The minimum Gasteiger partial charge on any atom is -0.497 e. The summed E-state index contributed by atoms with van der Waals surface area (Å²) in [5.41, 5.74) is 0.950. The number of benzene rings is 1. The number of rotatable bonds is 5. The van der Waals surface area contributed by atoms with Gasteiger partial charge in [0.15, 0.2) is 0 Å². The maximum Gasteiger partial charge on any atom is 0.227 e. The molecule has 4 rings (SSSR count). The van der Waals surface area contributed by atoms with Crippen molar-refractivity contribution in [2.75, 3.05) is 48.4 Å². The summed E-state index contributed by atoms with van der Waals surface area (Å²) in [5.74, 6) is 3.08. The van der Waals surface area contributed by atoms with Crippen LogP contribution >= 0.6 is 0 Å². The Kier molecular flexibility index (Phi) is 4.95. The molecular weight excluding hydrogens is 342 g/mol. The summed E-state index contributed by atoms with van der Waals surface area (Å²) in [6.07, 6.45) is 5.32. The van der Waals surface area contributed by atoms with Crippen LogP contribution in [0.1, 0.15) is 0 Å². The van der Waals surface area contributed by atoms with Gasteiger partial charge in [-0.1, -0.05) is 0 Å². The average molecular weight is 363 g/mol. The van der Waals surface area contributed by atoms with Crippen LogP contribution in [0.3, 0.4) is 0 Å². The van der Waals surface area contributed by atoms with Crippen molar-refractivity contribution in [3.05, 3.63) is 55.0 Å². The predicted molar refractivity (Wildman–Crippen MR) is 105 cm³/mol. The summed E-state index contributed by atoms with van der Waals surface area (Å²) in [5, 5.41) is 3.31. The Morgan fingerprint density at radius 3 is 2.11 bits per heavy atom. The first-order valence-corrected chi connectivity index (χ1v) is 8.83. The van der Waals surface area contributed by atoms with Crippen molar-refractivity contribution < 1.29 is 4.74 Å². The zero-order valence-electron chi connectivity index (χ0n) is 15.1. The lowest BCUT2D eigenvalue weighted by molar-refractivity contribution is 0.415. The number of hydrogen-bond donors (Lipinski definition) is 1. The molecule has 0 atom stereocenters. The largest absolute Gasteiger partial charge is 0.497 e. The highest BCUT2D eigenvalue weighted by Crippen LogP contribution is 2.20. The van der Waals surface area contributed by atoms with Gasteiger partial charge < -0.3 is 19.9 Å². The molecule has 0 bridgehead atoms. The fourth-order valence-corrected chi connectivity index (χ4v) is 2.95. The maximum atomic E-state index is 5.19. The van der Waals surface area contributed by atoms with Gasteiger partial charge in [-0.25, -0.2) is 15.0 Å². The molecule has 138 valence electrons. The first kappa shape index (κ1) is 17.0. The van der Waals surface area contributed by atoms with E-state index in [2.05, 4.69) is 35.1 Å². The van der Waals surface area contributed by atoms with E-state index in [1.54, 1.807) is 25.7 Å². The van der Waals surface area contributed by atoms with Gasteiger partial charge in [0.25, 0.3) is 0 Å². The van der Waals surface area contributed by atoms with Gasteiger partial charge in [0.1, 0.15) is 11.6 Å².